The summed E-state index contributed by atoms with van der Waals surface area (Å²) in [5.74, 6) is -2.66. The normalized spacial score (nSPS) is 10.2. The molecule has 66 heavy (non-hydrogen) atoms. The van der Waals surface area contributed by atoms with E-state index in [9.17, 15) is 41.9 Å². The van der Waals surface area contributed by atoms with E-state index >= 15 is 0 Å². The van der Waals surface area contributed by atoms with Gasteiger partial charge in [0.2, 0.25) is 0 Å². The fraction of sp³-hybridized carbons (Fsp3) is 0.0588. The molecule has 0 aliphatic heterocycles. The van der Waals surface area contributed by atoms with Gasteiger partial charge in [0.15, 0.2) is 34.7 Å². The average molecular weight is 1080 g/mol. The summed E-state index contributed by atoms with van der Waals surface area (Å²) in [6, 6.07) is 38.1. The Bertz CT molecular complexity index is 2740. The summed E-state index contributed by atoms with van der Waals surface area (Å²) in [7, 11) is 0. The van der Waals surface area contributed by atoms with E-state index in [0.717, 1.165) is 21.8 Å². The maximum atomic E-state index is 12.7. The molecule has 0 fully saturated rings. The fourth-order valence-electron chi connectivity index (χ4n) is 5.90. The number of carbonyl (C=O) groups is 6. The van der Waals surface area contributed by atoms with E-state index in [1.807, 2.05) is 12.1 Å². The van der Waals surface area contributed by atoms with E-state index in [-0.39, 0.29) is 103 Å². The number of carbonyl (C=O) groups excluding carboxylic acids is 6. The molecule has 328 valence electrons. The Hall–Kier alpha value is -5.81. The SMILES string of the molecule is O=C(CC(=O)c1cccs1)c1ccc(F)cc1.O=C(CC(=O)c1cccs1)c1ccc(F)cc1.O=C(CC(=O)c1cccs1)c1ccc(F)cc1.[Eu+3].c1cnc2c(c1)ccc1cccnc12. The number of thiophene rings is 3. The molecule has 0 N–H and O–H groups in total. The molecule has 9 aromatic rings. The molecule has 0 aliphatic carbocycles. The smallest absolute Gasteiger partial charge is 0.294 e. The first-order chi connectivity index (χ1) is 31.4. The van der Waals surface area contributed by atoms with Gasteiger partial charge in [-0.3, -0.25) is 38.7 Å². The number of nitrogens with zero attached hydrogens (tertiary/aromatic N) is 2. The quantitative estimate of drug-likeness (QED) is 0.0672. The van der Waals surface area contributed by atoms with Crippen molar-refractivity contribution in [2.75, 3.05) is 0 Å². The molecule has 0 bridgehead atoms. The summed E-state index contributed by atoms with van der Waals surface area (Å²) in [5, 5.41) is 7.64. The molecule has 0 saturated carbocycles. The monoisotopic (exact) mass is 1080 g/mol. The van der Waals surface area contributed by atoms with Crippen molar-refractivity contribution >= 4 is 90.5 Å². The third-order valence-corrected chi connectivity index (χ3v) is 11.9. The number of ketones is 6. The molecule has 0 saturated heterocycles. The first-order valence-corrected chi connectivity index (χ1v) is 22.2. The van der Waals surface area contributed by atoms with Crippen molar-refractivity contribution in [2.24, 2.45) is 0 Å². The number of fused-ring (bicyclic) bond motifs is 3. The number of rotatable bonds is 12. The molecule has 8 nitrogen and oxygen atoms in total. The minimum Gasteiger partial charge on any atom is -0.294 e. The topological polar surface area (TPSA) is 128 Å². The van der Waals surface area contributed by atoms with Gasteiger partial charge < -0.3 is 0 Å². The van der Waals surface area contributed by atoms with E-state index in [0.29, 0.717) is 31.3 Å². The van der Waals surface area contributed by atoms with Crippen LogP contribution < -0.4 is 0 Å². The number of aromatic nitrogens is 2. The maximum Gasteiger partial charge on any atom is 3.00 e. The van der Waals surface area contributed by atoms with Crippen molar-refractivity contribution in [1.29, 1.82) is 0 Å². The van der Waals surface area contributed by atoms with Crippen molar-refractivity contribution in [3.63, 3.8) is 0 Å². The summed E-state index contributed by atoms with van der Waals surface area (Å²) < 4.78 is 38.0. The van der Waals surface area contributed by atoms with E-state index in [1.165, 1.54) is 107 Å². The third-order valence-electron chi connectivity index (χ3n) is 9.19. The number of hydrogen-bond acceptors (Lipinski definition) is 11. The fourth-order valence-corrected chi connectivity index (χ4v) is 7.90. The summed E-state index contributed by atoms with van der Waals surface area (Å²) in [6.07, 6.45) is 3.08. The molecular formula is C51H35EuF3N2O6S3+3. The molecule has 0 atom stereocenters. The second-order valence-corrected chi connectivity index (χ2v) is 16.6. The number of pyridine rings is 2. The Morgan fingerprint density at radius 1 is 0.364 bits per heavy atom. The first kappa shape index (κ1) is 51.2. The second kappa shape index (κ2) is 25.8. The Morgan fingerprint density at radius 2 is 0.652 bits per heavy atom. The van der Waals surface area contributed by atoms with Crippen LogP contribution in [0.25, 0.3) is 21.8 Å². The predicted octanol–water partition coefficient (Wildman–Crippen LogP) is 12.8. The van der Waals surface area contributed by atoms with E-state index in [2.05, 4.69) is 34.2 Å². The molecule has 15 heteroatoms. The van der Waals surface area contributed by atoms with Crippen LogP contribution in [-0.4, -0.2) is 44.7 Å². The Morgan fingerprint density at radius 3 is 0.909 bits per heavy atom. The van der Waals surface area contributed by atoms with Crippen molar-refractivity contribution < 1.29 is 91.3 Å². The Labute approximate surface area is 429 Å². The van der Waals surface area contributed by atoms with Crippen LogP contribution in [0.3, 0.4) is 0 Å². The van der Waals surface area contributed by atoms with Crippen LogP contribution in [-0.2, 0) is 0 Å². The van der Waals surface area contributed by atoms with Gasteiger partial charge in [-0.05, 0) is 119 Å². The van der Waals surface area contributed by atoms with E-state index in [1.54, 1.807) is 64.9 Å². The van der Waals surface area contributed by atoms with Gasteiger partial charge in [0, 0.05) is 39.9 Å². The van der Waals surface area contributed by atoms with Gasteiger partial charge in [-0.25, -0.2) is 13.2 Å². The van der Waals surface area contributed by atoms with Crippen molar-refractivity contribution in [2.45, 2.75) is 19.3 Å². The second-order valence-electron chi connectivity index (χ2n) is 13.7. The molecule has 5 aromatic heterocycles. The minimum atomic E-state index is -0.397. The van der Waals surface area contributed by atoms with Crippen LogP contribution >= 0.6 is 34.0 Å². The van der Waals surface area contributed by atoms with E-state index in [4.69, 9.17) is 0 Å². The average Bonchev–Trinajstić information content (AvgIpc) is 4.16. The summed E-state index contributed by atoms with van der Waals surface area (Å²) in [6.45, 7) is 0. The van der Waals surface area contributed by atoms with Crippen LogP contribution in [0.5, 0.6) is 0 Å². The molecule has 9 rings (SSSR count). The number of benzene rings is 4. The maximum absolute atomic E-state index is 12.7. The molecular weight excluding hydrogens is 1040 g/mol. The molecule has 0 spiro atoms. The number of hydrogen-bond donors (Lipinski definition) is 0. The van der Waals surface area contributed by atoms with Gasteiger partial charge in [-0.2, -0.15) is 0 Å². The zero-order valence-corrected chi connectivity index (χ0v) is 39.3. The molecule has 0 amide bonds. The number of Topliss-reactive ketones (excluding diaryl/α,β-unsaturated/α-hetero) is 6. The minimum absolute atomic E-state index is 0. The zero-order valence-electron chi connectivity index (χ0n) is 34.4. The van der Waals surface area contributed by atoms with Crippen LogP contribution in [0.2, 0.25) is 0 Å². The van der Waals surface area contributed by atoms with Crippen molar-refractivity contribution in [1.82, 2.24) is 9.97 Å². The zero-order chi connectivity index (χ0) is 46.1. The predicted molar refractivity (Wildman–Crippen MR) is 249 cm³/mol. The summed E-state index contributed by atoms with van der Waals surface area (Å²) in [4.78, 5) is 80.6. The molecule has 0 aliphatic rings. The van der Waals surface area contributed by atoms with Crippen LogP contribution in [0.1, 0.15) is 79.4 Å². The van der Waals surface area contributed by atoms with Gasteiger partial charge in [0.25, 0.3) is 0 Å². The molecule has 0 unspecified atom stereocenters. The van der Waals surface area contributed by atoms with Gasteiger partial charge >= 0.3 is 49.4 Å². The summed E-state index contributed by atoms with van der Waals surface area (Å²) >= 11 is 3.93. The standard InChI is InChI=1S/3C13H9FO2S.C12H8N2.Eu/c3*14-10-5-3-9(4-6-10)11(15)8-12(16)13-2-1-7-17-13;1-3-9-5-6-10-4-2-8-14-12(10)11(9)13-7-1;/h3*1-7H,8H2;1-8H;/q;;;;+3. The van der Waals surface area contributed by atoms with Crippen molar-refractivity contribution in [3.05, 3.63) is 223 Å². The Kier molecular flexibility index (Phi) is 20.0. The molecule has 5 heterocycles. The number of halogens is 3. The largest absolute Gasteiger partial charge is 3.00 e. The Balaban J connectivity index is 0.000000164. The third kappa shape index (κ3) is 15.1. The van der Waals surface area contributed by atoms with Gasteiger partial charge in [0.05, 0.1) is 44.9 Å². The van der Waals surface area contributed by atoms with Gasteiger partial charge in [0.1, 0.15) is 17.5 Å². The van der Waals surface area contributed by atoms with Crippen LogP contribution in [0.4, 0.5) is 13.2 Å². The van der Waals surface area contributed by atoms with Crippen LogP contribution in [0.15, 0.2) is 174 Å². The van der Waals surface area contributed by atoms with Gasteiger partial charge in [-0.1, -0.05) is 42.5 Å². The molecule has 0 radical (unpaired) electrons. The van der Waals surface area contributed by atoms with Crippen LogP contribution in [0, 0.1) is 66.8 Å². The first-order valence-electron chi connectivity index (χ1n) is 19.6. The molecule has 4 aromatic carbocycles. The van der Waals surface area contributed by atoms with Gasteiger partial charge in [-0.15, -0.1) is 34.0 Å². The van der Waals surface area contributed by atoms with Crippen molar-refractivity contribution in [3.8, 4) is 0 Å². The summed E-state index contributed by atoms with van der Waals surface area (Å²) in [5.41, 5.74) is 3.03. The van der Waals surface area contributed by atoms with E-state index < -0.39 is 17.5 Å².